The minimum Gasteiger partial charge on any atom is -0.454 e. The normalized spacial score (nSPS) is 16.5. The molecule has 8 heteroatoms. The van der Waals surface area contributed by atoms with E-state index in [0.717, 1.165) is 40.6 Å². The molecule has 2 aromatic carbocycles. The predicted octanol–water partition coefficient (Wildman–Crippen LogP) is 3.98. The summed E-state index contributed by atoms with van der Waals surface area (Å²) < 4.78 is 34.0. The van der Waals surface area contributed by atoms with E-state index in [4.69, 9.17) is 9.47 Å². The third-order valence-electron chi connectivity index (χ3n) is 6.31. The average molecular weight is 455 g/mol. The van der Waals surface area contributed by atoms with Crippen molar-refractivity contribution in [1.82, 2.24) is 4.98 Å². The summed E-state index contributed by atoms with van der Waals surface area (Å²) >= 11 is 0. The van der Waals surface area contributed by atoms with Gasteiger partial charge in [0.25, 0.3) is 0 Å². The van der Waals surface area contributed by atoms with E-state index < -0.39 is 16.1 Å². The highest BCUT2D eigenvalue weighted by Gasteiger charge is 2.51. The van der Waals surface area contributed by atoms with Crippen LogP contribution in [0.25, 0.3) is 10.9 Å². The lowest BCUT2D eigenvalue weighted by Crippen LogP contribution is -2.27. The van der Waals surface area contributed by atoms with Crippen LogP contribution in [0.1, 0.15) is 50.4 Å². The molecule has 32 heavy (non-hydrogen) atoms. The fourth-order valence-electron chi connectivity index (χ4n) is 4.48. The fourth-order valence-corrected chi connectivity index (χ4v) is 5.06. The lowest BCUT2D eigenvalue weighted by Gasteiger charge is -2.18. The highest BCUT2D eigenvalue weighted by atomic mass is 32.2. The van der Waals surface area contributed by atoms with Crippen molar-refractivity contribution in [3.05, 3.63) is 53.2 Å². The van der Waals surface area contributed by atoms with Gasteiger partial charge < -0.3 is 19.8 Å². The highest BCUT2D eigenvalue weighted by molar-refractivity contribution is 7.71. The number of rotatable bonds is 5. The second kappa shape index (κ2) is 7.27. The second-order valence-electron chi connectivity index (χ2n) is 9.58. The van der Waals surface area contributed by atoms with E-state index in [1.165, 1.54) is 0 Å². The van der Waals surface area contributed by atoms with Crippen LogP contribution in [0.4, 0.5) is 5.69 Å². The van der Waals surface area contributed by atoms with Crippen molar-refractivity contribution in [1.29, 1.82) is 0 Å². The van der Waals surface area contributed by atoms with Crippen LogP contribution < -0.4 is 14.8 Å². The van der Waals surface area contributed by atoms with Crippen LogP contribution in [0.2, 0.25) is 0 Å². The van der Waals surface area contributed by atoms with E-state index in [0.29, 0.717) is 17.2 Å². The van der Waals surface area contributed by atoms with E-state index in [1.54, 1.807) is 0 Å². The number of H-pyrrole nitrogens is 1. The molecule has 1 saturated carbocycles. The predicted molar refractivity (Wildman–Crippen MR) is 123 cm³/mol. The average Bonchev–Trinajstić information content (AvgIpc) is 3.27. The number of nitrogens with one attached hydrogen (secondary N) is 2. The van der Waals surface area contributed by atoms with Crippen LogP contribution in [-0.4, -0.2) is 26.1 Å². The third-order valence-corrected chi connectivity index (χ3v) is 6.89. The van der Waals surface area contributed by atoms with Crippen LogP contribution in [-0.2, 0) is 32.1 Å². The Hall–Kier alpha value is -3.00. The van der Waals surface area contributed by atoms with Gasteiger partial charge in [0.05, 0.1) is 11.2 Å². The summed E-state index contributed by atoms with van der Waals surface area (Å²) in [6.45, 7) is 6.33. The van der Waals surface area contributed by atoms with E-state index >= 15 is 0 Å². The van der Waals surface area contributed by atoms with Crippen molar-refractivity contribution in [2.75, 3.05) is 12.1 Å². The molecule has 5 rings (SSSR count). The number of ether oxygens (including phenoxy) is 2. The summed E-state index contributed by atoms with van der Waals surface area (Å²) in [5, 5.41) is 3.88. The van der Waals surface area contributed by atoms with Gasteiger partial charge in [0.2, 0.25) is 12.7 Å². The van der Waals surface area contributed by atoms with E-state index in [1.807, 2.05) is 57.2 Å². The summed E-state index contributed by atoms with van der Waals surface area (Å²) in [6.07, 6.45) is 1.53. The molecule has 0 bridgehead atoms. The summed E-state index contributed by atoms with van der Waals surface area (Å²) in [6, 6.07) is 11.3. The molecule has 3 aromatic rings. The maximum Gasteiger partial charge on any atom is 0.235 e. The standard InChI is InChI=1S/C24H26N2O5S/c1-23(2,3)21-17(12-32(28)29)16-11-15(5-6-18(16)26-21)25-22(27)24(8-9-24)14-4-7-19-20(10-14)31-13-30-19/h4-7,10-11,26,32H,8-9,12-13H2,1-3H3,(H,25,27). The molecule has 1 aliphatic carbocycles. The minimum absolute atomic E-state index is 0.0412. The van der Waals surface area contributed by atoms with Gasteiger partial charge in [-0.3, -0.25) is 4.79 Å². The highest BCUT2D eigenvalue weighted by Crippen LogP contribution is 2.51. The maximum absolute atomic E-state index is 13.3. The molecule has 1 aromatic heterocycles. The van der Waals surface area contributed by atoms with Crippen molar-refractivity contribution in [2.24, 2.45) is 0 Å². The molecule has 0 saturated heterocycles. The number of anilines is 1. The van der Waals surface area contributed by atoms with Crippen LogP contribution >= 0.6 is 0 Å². The number of carbonyl (C=O) groups excluding carboxylic acids is 1. The van der Waals surface area contributed by atoms with Gasteiger partial charge in [0, 0.05) is 27.7 Å². The molecule has 1 amide bonds. The maximum atomic E-state index is 13.3. The van der Waals surface area contributed by atoms with E-state index in [2.05, 4.69) is 10.3 Å². The van der Waals surface area contributed by atoms with Gasteiger partial charge in [-0.15, -0.1) is 0 Å². The Bertz CT molecular complexity index is 1300. The van der Waals surface area contributed by atoms with Gasteiger partial charge in [-0.1, -0.05) is 26.8 Å². The summed E-state index contributed by atoms with van der Waals surface area (Å²) in [5.74, 6) is 1.25. The van der Waals surface area contributed by atoms with E-state index in [9.17, 15) is 13.2 Å². The topological polar surface area (TPSA) is 97.5 Å². The first-order valence-electron chi connectivity index (χ1n) is 10.7. The zero-order valence-electron chi connectivity index (χ0n) is 18.3. The molecular weight excluding hydrogens is 428 g/mol. The van der Waals surface area contributed by atoms with Gasteiger partial charge in [0.1, 0.15) is 10.7 Å². The van der Waals surface area contributed by atoms with Crippen molar-refractivity contribution in [2.45, 2.75) is 50.2 Å². The number of carbonyl (C=O) groups is 1. The Morgan fingerprint density at radius 3 is 2.53 bits per heavy atom. The molecule has 2 heterocycles. The van der Waals surface area contributed by atoms with E-state index in [-0.39, 0.29) is 23.9 Å². The Morgan fingerprint density at radius 1 is 1.09 bits per heavy atom. The molecule has 1 aliphatic heterocycles. The number of amides is 1. The van der Waals surface area contributed by atoms with Crippen LogP contribution in [0.3, 0.4) is 0 Å². The lowest BCUT2D eigenvalue weighted by molar-refractivity contribution is -0.118. The first-order valence-corrected chi connectivity index (χ1v) is 12.0. The SMILES string of the molecule is CC(C)(C)c1[nH]c2ccc(NC(=O)C3(c4ccc5c(c4)OCO5)CC3)cc2c1C[SH](=O)=O. The fraction of sp³-hybridized carbons (Fsp3) is 0.375. The molecule has 0 spiro atoms. The quantitative estimate of drug-likeness (QED) is 0.507. The molecule has 0 radical (unpaired) electrons. The van der Waals surface area contributed by atoms with Gasteiger partial charge in [-0.05, 0) is 54.3 Å². The van der Waals surface area contributed by atoms with Gasteiger partial charge >= 0.3 is 0 Å². The zero-order chi connectivity index (χ0) is 22.7. The number of thiol groups is 1. The number of hydrogen-bond acceptors (Lipinski definition) is 5. The van der Waals surface area contributed by atoms with Crippen molar-refractivity contribution in [3.63, 3.8) is 0 Å². The molecule has 0 atom stereocenters. The minimum atomic E-state index is -2.58. The monoisotopic (exact) mass is 454 g/mol. The third kappa shape index (κ3) is 3.52. The molecule has 2 aliphatic rings. The van der Waals surface area contributed by atoms with Gasteiger partial charge in [-0.2, -0.15) is 0 Å². The number of hydrogen-bond donors (Lipinski definition) is 3. The summed E-state index contributed by atoms with van der Waals surface area (Å²) in [4.78, 5) is 16.6. The molecule has 168 valence electrons. The first kappa shape index (κ1) is 20.9. The van der Waals surface area contributed by atoms with Crippen LogP contribution in [0.15, 0.2) is 36.4 Å². The Morgan fingerprint density at radius 2 is 1.84 bits per heavy atom. The summed E-state index contributed by atoms with van der Waals surface area (Å²) in [5.41, 5.74) is 3.27. The Labute approximate surface area is 188 Å². The van der Waals surface area contributed by atoms with Gasteiger partial charge in [-0.25, -0.2) is 8.42 Å². The number of aromatic amines is 1. The zero-order valence-corrected chi connectivity index (χ0v) is 19.2. The molecular formula is C24H26N2O5S. The van der Waals surface area contributed by atoms with Crippen LogP contribution in [0, 0.1) is 0 Å². The first-order chi connectivity index (χ1) is 15.2. The number of benzene rings is 2. The van der Waals surface area contributed by atoms with Crippen LogP contribution in [0.5, 0.6) is 11.5 Å². The van der Waals surface area contributed by atoms with Crippen molar-refractivity contribution in [3.8, 4) is 11.5 Å². The molecule has 7 nitrogen and oxygen atoms in total. The molecule has 0 unspecified atom stereocenters. The molecule has 1 fully saturated rings. The number of fused-ring (bicyclic) bond motifs is 2. The van der Waals surface area contributed by atoms with Crippen molar-refractivity contribution < 1.29 is 22.7 Å². The lowest BCUT2D eigenvalue weighted by atomic mass is 9.89. The molecule has 2 N–H and O–H groups in total. The number of aromatic nitrogens is 1. The van der Waals surface area contributed by atoms with Gasteiger partial charge in [0.15, 0.2) is 11.5 Å². The second-order valence-corrected chi connectivity index (χ2v) is 10.6. The Balaban J connectivity index is 1.47. The van der Waals surface area contributed by atoms with Crippen molar-refractivity contribution >= 4 is 33.2 Å². The Kier molecular flexibility index (Phi) is 4.74. The largest absolute Gasteiger partial charge is 0.454 e. The smallest absolute Gasteiger partial charge is 0.235 e. The summed E-state index contributed by atoms with van der Waals surface area (Å²) in [7, 11) is -2.58.